The highest BCUT2D eigenvalue weighted by Crippen LogP contribution is 2.10. The van der Waals surface area contributed by atoms with Crippen LogP contribution >= 0.6 is 11.6 Å². The first-order valence-corrected chi connectivity index (χ1v) is 7.50. The number of hydrogen-bond donors (Lipinski definition) is 1. The summed E-state index contributed by atoms with van der Waals surface area (Å²) in [4.78, 5) is 23.7. The van der Waals surface area contributed by atoms with E-state index >= 15 is 0 Å². The van der Waals surface area contributed by atoms with Crippen molar-refractivity contribution in [1.29, 1.82) is 0 Å². The number of hydrogen-bond acceptors (Lipinski definition) is 3. The van der Waals surface area contributed by atoms with Gasteiger partial charge in [-0.3, -0.25) is 14.3 Å². The van der Waals surface area contributed by atoms with E-state index in [1.165, 1.54) is 16.9 Å². The molecule has 1 atom stereocenters. The zero-order chi connectivity index (χ0) is 16.1. The third kappa shape index (κ3) is 3.98. The van der Waals surface area contributed by atoms with Gasteiger partial charge in [-0.2, -0.15) is 5.10 Å². The molecule has 2 aromatic heterocycles. The van der Waals surface area contributed by atoms with Crippen molar-refractivity contribution < 1.29 is 4.79 Å². The Morgan fingerprint density at radius 1 is 1.45 bits per heavy atom. The Morgan fingerprint density at radius 3 is 2.86 bits per heavy atom. The van der Waals surface area contributed by atoms with Gasteiger partial charge in [0.25, 0.3) is 5.56 Å². The first-order valence-electron chi connectivity index (χ1n) is 7.13. The number of aryl methyl sites for hydroxylation is 1. The van der Waals surface area contributed by atoms with Crippen LogP contribution in [-0.4, -0.2) is 26.8 Å². The second-order valence-corrected chi connectivity index (χ2v) is 5.55. The van der Waals surface area contributed by atoms with Crippen molar-refractivity contribution >= 4 is 17.5 Å². The van der Waals surface area contributed by atoms with E-state index < -0.39 is 6.04 Å². The van der Waals surface area contributed by atoms with Crippen LogP contribution in [0.4, 0.5) is 0 Å². The van der Waals surface area contributed by atoms with Crippen LogP contribution in [0.2, 0.25) is 5.02 Å². The molecule has 1 unspecified atom stereocenters. The number of nitrogens with one attached hydrogen (secondary N) is 1. The Kier molecular flexibility index (Phi) is 5.38. The molecule has 0 spiro atoms. The van der Waals surface area contributed by atoms with E-state index in [0.29, 0.717) is 24.5 Å². The molecule has 0 radical (unpaired) electrons. The second kappa shape index (κ2) is 7.26. The van der Waals surface area contributed by atoms with Crippen molar-refractivity contribution in [2.45, 2.75) is 32.9 Å². The first-order chi connectivity index (χ1) is 10.5. The number of carbonyl (C=O) groups excluding carboxylic acids is 1. The molecule has 0 saturated carbocycles. The summed E-state index contributed by atoms with van der Waals surface area (Å²) >= 11 is 5.79. The zero-order valence-electron chi connectivity index (χ0n) is 12.6. The van der Waals surface area contributed by atoms with Gasteiger partial charge in [-0.25, -0.2) is 0 Å². The fraction of sp³-hybridized carbons (Fsp3) is 0.400. The highest BCUT2D eigenvalue weighted by atomic mass is 35.5. The molecule has 0 aliphatic carbocycles. The van der Waals surface area contributed by atoms with Gasteiger partial charge in [-0.05, 0) is 26.3 Å². The van der Waals surface area contributed by atoms with E-state index in [9.17, 15) is 9.59 Å². The molecule has 1 amide bonds. The van der Waals surface area contributed by atoms with Gasteiger partial charge in [-0.15, -0.1) is 0 Å². The van der Waals surface area contributed by atoms with E-state index in [0.717, 1.165) is 5.69 Å². The molecule has 0 saturated heterocycles. The van der Waals surface area contributed by atoms with E-state index in [4.69, 9.17) is 11.6 Å². The number of aromatic nitrogens is 3. The van der Waals surface area contributed by atoms with Crippen LogP contribution in [-0.2, 0) is 11.3 Å². The molecular formula is C15H19ClN4O2. The number of rotatable bonds is 6. The van der Waals surface area contributed by atoms with Gasteiger partial charge in [0.1, 0.15) is 6.04 Å². The molecular weight excluding hydrogens is 304 g/mol. The Labute approximate surface area is 133 Å². The summed E-state index contributed by atoms with van der Waals surface area (Å²) in [5.41, 5.74) is 0.893. The van der Waals surface area contributed by atoms with E-state index in [1.807, 2.05) is 13.0 Å². The smallest absolute Gasteiger partial charge is 0.250 e. The predicted octanol–water partition coefficient (Wildman–Crippen LogP) is 1.77. The van der Waals surface area contributed by atoms with Crippen molar-refractivity contribution in [2.24, 2.45) is 0 Å². The van der Waals surface area contributed by atoms with Gasteiger partial charge in [-0.1, -0.05) is 17.7 Å². The molecule has 0 aliphatic rings. The molecule has 6 nitrogen and oxygen atoms in total. The fourth-order valence-electron chi connectivity index (χ4n) is 2.15. The Hall–Kier alpha value is -2.08. The van der Waals surface area contributed by atoms with Crippen LogP contribution in [0.5, 0.6) is 0 Å². The highest BCUT2D eigenvalue weighted by molar-refractivity contribution is 6.30. The molecule has 1 N–H and O–H groups in total. The lowest BCUT2D eigenvalue weighted by atomic mass is 10.3. The summed E-state index contributed by atoms with van der Waals surface area (Å²) in [7, 11) is 0. The maximum Gasteiger partial charge on any atom is 0.250 e. The van der Waals surface area contributed by atoms with Crippen molar-refractivity contribution in [3.05, 3.63) is 51.7 Å². The maximum absolute atomic E-state index is 12.0. The fourth-order valence-corrected chi connectivity index (χ4v) is 2.30. The summed E-state index contributed by atoms with van der Waals surface area (Å²) in [5, 5.41) is 7.35. The SMILES string of the molecule is Cc1cccc(=O)n1CCCNC(=O)C(C)n1cc(Cl)cn1. The average molecular weight is 323 g/mol. The van der Waals surface area contributed by atoms with Crippen LogP contribution in [0, 0.1) is 6.92 Å². The van der Waals surface area contributed by atoms with Crippen molar-refractivity contribution in [3.8, 4) is 0 Å². The first kappa shape index (κ1) is 16.3. The molecule has 118 valence electrons. The Balaban J connectivity index is 1.81. The largest absolute Gasteiger partial charge is 0.354 e. The average Bonchev–Trinajstić information content (AvgIpc) is 2.91. The van der Waals surface area contributed by atoms with E-state index in [2.05, 4.69) is 10.4 Å². The second-order valence-electron chi connectivity index (χ2n) is 5.12. The van der Waals surface area contributed by atoms with Crippen LogP contribution in [0.15, 0.2) is 35.4 Å². The third-order valence-corrected chi connectivity index (χ3v) is 3.67. The topological polar surface area (TPSA) is 68.9 Å². The summed E-state index contributed by atoms with van der Waals surface area (Å²) in [6.45, 7) is 4.72. The van der Waals surface area contributed by atoms with Crippen molar-refractivity contribution in [3.63, 3.8) is 0 Å². The minimum absolute atomic E-state index is 0.0223. The lowest BCUT2D eigenvalue weighted by Crippen LogP contribution is -2.33. The molecule has 2 rings (SSSR count). The number of nitrogens with zero attached hydrogens (tertiary/aromatic N) is 3. The van der Waals surface area contributed by atoms with Gasteiger partial charge in [0.2, 0.25) is 5.91 Å². The molecule has 22 heavy (non-hydrogen) atoms. The van der Waals surface area contributed by atoms with Gasteiger partial charge < -0.3 is 9.88 Å². The Bertz CT molecular complexity index is 708. The number of halogens is 1. The number of amides is 1. The van der Waals surface area contributed by atoms with Crippen LogP contribution in [0.1, 0.15) is 25.1 Å². The lowest BCUT2D eigenvalue weighted by Gasteiger charge is -2.13. The highest BCUT2D eigenvalue weighted by Gasteiger charge is 2.15. The predicted molar refractivity (Wildman–Crippen MR) is 85.0 cm³/mol. The normalized spacial score (nSPS) is 12.1. The van der Waals surface area contributed by atoms with Crippen molar-refractivity contribution in [1.82, 2.24) is 19.7 Å². The lowest BCUT2D eigenvalue weighted by molar-refractivity contribution is -0.124. The quantitative estimate of drug-likeness (QED) is 0.824. The van der Waals surface area contributed by atoms with Gasteiger partial charge in [0.05, 0.1) is 11.2 Å². The van der Waals surface area contributed by atoms with Gasteiger partial charge in [0.15, 0.2) is 0 Å². The molecule has 0 aromatic carbocycles. The maximum atomic E-state index is 12.0. The van der Waals surface area contributed by atoms with E-state index in [-0.39, 0.29) is 11.5 Å². The molecule has 2 heterocycles. The summed E-state index contributed by atoms with van der Waals surface area (Å²) in [5.74, 6) is -0.128. The van der Waals surface area contributed by atoms with E-state index in [1.54, 1.807) is 23.8 Å². The molecule has 0 fully saturated rings. The molecule has 0 bridgehead atoms. The Morgan fingerprint density at radius 2 is 2.23 bits per heavy atom. The van der Waals surface area contributed by atoms with Crippen LogP contribution in [0.3, 0.4) is 0 Å². The van der Waals surface area contributed by atoms with Gasteiger partial charge >= 0.3 is 0 Å². The minimum Gasteiger partial charge on any atom is -0.354 e. The third-order valence-electron chi connectivity index (χ3n) is 3.47. The molecule has 0 aliphatic heterocycles. The zero-order valence-corrected chi connectivity index (χ0v) is 13.4. The molecule has 7 heteroatoms. The monoisotopic (exact) mass is 322 g/mol. The molecule has 2 aromatic rings. The van der Waals surface area contributed by atoms with Gasteiger partial charge in [0, 0.05) is 31.0 Å². The van der Waals surface area contributed by atoms with Crippen LogP contribution < -0.4 is 10.9 Å². The minimum atomic E-state index is -0.423. The summed E-state index contributed by atoms with van der Waals surface area (Å²) in [6, 6.07) is 4.75. The summed E-state index contributed by atoms with van der Waals surface area (Å²) in [6.07, 6.45) is 3.79. The standard InChI is InChI=1S/C15H19ClN4O2/c1-11-5-3-6-14(21)19(11)8-4-7-17-15(22)12(2)20-10-13(16)9-18-20/h3,5-6,9-10,12H,4,7-8H2,1-2H3,(H,17,22). The summed E-state index contributed by atoms with van der Waals surface area (Å²) < 4.78 is 3.21. The number of pyridine rings is 1. The number of carbonyl (C=O) groups is 1. The van der Waals surface area contributed by atoms with Crippen LogP contribution in [0.25, 0.3) is 0 Å². The van der Waals surface area contributed by atoms with Crippen molar-refractivity contribution in [2.75, 3.05) is 6.54 Å².